The summed E-state index contributed by atoms with van der Waals surface area (Å²) in [6, 6.07) is 7.56. The van der Waals surface area contributed by atoms with E-state index in [1.54, 1.807) is 28.4 Å². The molecule has 1 unspecified atom stereocenters. The van der Waals surface area contributed by atoms with Gasteiger partial charge in [0.1, 0.15) is 0 Å². The first-order valence-electron chi connectivity index (χ1n) is 10.9. The molecule has 0 saturated carbocycles. The molecule has 182 valence electrons. The molecule has 4 rings (SSSR count). The molecular weight excluding hydrogens is 438 g/mol. The fraction of sp³-hybridized carbons (Fsp3) is 0.385. The molecule has 2 aliphatic rings. The summed E-state index contributed by atoms with van der Waals surface area (Å²) in [4.78, 5) is 2.15. The van der Waals surface area contributed by atoms with Crippen molar-refractivity contribution in [3.63, 3.8) is 0 Å². The number of nitrogens with zero attached hydrogens (tertiary/aromatic N) is 1. The molecule has 2 heterocycles. The molecule has 2 aliphatic heterocycles. The second kappa shape index (κ2) is 9.48. The molecule has 0 N–H and O–H groups in total. The first kappa shape index (κ1) is 23.8. The van der Waals surface area contributed by atoms with Crippen LogP contribution in [-0.4, -0.2) is 53.7 Å². The van der Waals surface area contributed by atoms with Crippen molar-refractivity contribution in [3.05, 3.63) is 48.1 Å². The maximum absolute atomic E-state index is 6.08. The zero-order valence-electron chi connectivity index (χ0n) is 20.5. The molecule has 2 aromatic carbocycles. The summed E-state index contributed by atoms with van der Waals surface area (Å²) >= 11 is 0. The lowest BCUT2D eigenvalue weighted by Crippen LogP contribution is -2.37. The molecule has 0 aliphatic carbocycles. The van der Waals surface area contributed by atoms with E-state index >= 15 is 0 Å². The predicted molar refractivity (Wildman–Crippen MR) is 130 cm³/mol. The Kier molecular flexibility index (Phi) is 6.63. The van der Waals surface area contributed by atoms with E-state index in [2.05, 4.69) is 17.6 Å². The van der Waals surface area contributed by atoms with Crippen molar-refractivity contribution in [2.24, 2.45) is 0 Å². The third-order valence-electron chi connectivity index (χ3n) is 6.01. The minimum absolute atomic E-state index is 0.189. The molecule has 34 heavy (non-hydrogen) atoms. The van der Waals surface area contributed by atoms with Crippen molar-refractivity contribution in [2.75, 3.05) is 46.7 Å². The summed E-state index contributed by atoms with van der Waals surface area (Å²) in [5.41, 5.74) is 3.72. The summed E-state index contributed by atoms with van der Waals surface area (Å²) in [5.74, 6) is 2.28. The number of fused-ring (bicyclic) bond motifs is 2. The van der Waals surface area contributed by atoms with Crippen LogP contribution in [0, 0.1) is 0 Å². The van der Waals surface area contributed by atoms with Crippen molar-refractivity contribution in [3.8, 4) is 28.7 Å². The maximum Gasteiger partial charge on any atom is 0.231 e. The standard InChI is InChI=1S/C26H31NO7/c1-8-19-17(14-34-26(2,3)31-7)9-16-10-21-22(33-15-32-21)13-20(16)27(19)18-11-23(28-4)25(30-6)24(12-18)29-5/h8-13,19H,1,14-15H2,2-7H3. The molecule has 8 heteroatoms. The van der Waals surface area contributed by atoms with Crippen LogP contribution in [0.3, 0.4) is 0 Å². The first-order chi connectivity index (χ1) is 16.3. The van der Waals surface area contributed by atoms with Crippen LogP contribution in [0.2, 0.25) is 0 Å². The summed E-state index contributed by atoms with van der Waals surface area (Å²) in [6.07, 6.45) is 3.98. The highest BCUT2D eigenvalue weighted by Crippen LogP contribution is 2.49. The molecule has 0 bridgehead atoms. The lowest BCUT2D eigenvalue weighted by Gasteiger charge is -2.39. The van der Waals surface area contributed by atoms with Gasteiger partial charge in [0.05, 0.1) is 39.7 Å². The van der Waals surface area contributed by atoms with Crippen LogP contribution < -0.4 is 28.6 Å². The Labute approximate surface area is 200 Å². The van der Waals surface area contributed by atoms with Crippen molar-refractivity contribution < 1.29 is 33.2 Å². The van der Waals surface area contributed by atoms with E-state index in [0.717, 1.165) is 22.5 Å². The number of methoxy groups -OCH3 is 4. The highest BCUT2D eigenvalue weighted by molar-refractivity contribution is 5.85. The van der Waals surface area contributed by atoms with Crippen LogP contribution in [0.1, 0.15) is 19.4 Å². The highest BCUT2D eigenvalue weighted by Gasteiger charge is 2.33. The Bertz CT molecular complexity index is 1080. The van der Waals surface area contributed by atoms with Gasteiger partial charge in [-0.2, -0.15) is 0 Å². The fourth-order valence-corrected chi connectivity index (χ4v) is 4.08. The smallest absolute Gasteiger partial charge is 0.231 e. The third-order valence-corrected chi connectivity index (χ3v) is 6.01. The van der Waals surface area contributed by atoms with Gasteiger partial charge in [-0.3, -0.25) is 0 Å². The van der Waals surface area contributed by atoms with Gasteiger partial charge >= 0.3 is 0 Å². The number of hydrogen-bond acceptors (Lipinski definition) is 8. The largest absolute Gasteiger partial charge is 0.493 e. The fourth-order valence-electron chi connectivity index (χ4n) is 4.08. The number of benzene rings is 2. The summed E-state index contributed by atoms with van der Waals surface area (Å²) < 4.78 is 39.6. The van der Waals surface area contributed by atoms with Crippen LogP contribution in [0.15, 0.2) is 42.5 Å². The van der Waals surface area contributed by atoms with Crippen molar-refractivity contribution in [2.45, 2.75) is 25.7 Å². The van der Waals surface area contributed by atoms with Gasteiger partial charge < -0.3 is 38.1 Å². The van der Waals surface area contributed by atoms with Crippen LogP contribution in [-0.2, 0) is 9.47 Å². The lowest BCUT2D eigenvalue weighted by atomic mass is 9.94. The third kappa shape index (κ3) is 4.26. The number of ether oxygens (including phenoxy) is 7. The monoisotopic (exact) mass is 469 g/mol. The summed E-state index contributed by atoms with van der Waals surface area (Å²) in [6.45, 7) is 8.41. The molecule has 0 aromatic heterocycles. The van der Waals surface area contributed by atoms with Crippen LogP contribution in [0.25, 0.3) is 6.08 Å². The zero-order chi connectivity index (χ0) is 24.5. The first-order valence-corrected chi connectivity index (χ1v) is 10.9. The van der Waals surface area contributed by atoms with E-state index in [1.807, 2.05) is 44.2 Å². The summed E-state index contributed by atoms with van der Waals surface area (Å²) in [5, 5.41) is 0. The molecule has 0 fully saturated rings. The van der Waals surface area contributed by atoms with Gasteiger partial charge in [0.25, 0.3) is 0 Å². The molecule has 2 aromatic rings. The summed E-state index contributed by atoms with van der Waals surface area (Å²) in [7, 11) is 6.40. The normalized spacial score (nSPS) is 16.6. The highest BCUT2D eigenvalue weighted by atomic mass is 16.7. The second-order valence-corrected chi connectivity index (χ2v) is 8.31. The predicted octanol–water partition coefficient (Wildman–Crippen LogP) is 4.93. The second-order valence-electron chi connectivity index (χ2n) is 8.31. The lowest BCUT2D eigenvalue weighted by molar-refractivity contribution is -0.191. The molecular formula is C26H31NO7. The van der Waals surface area contributed by atoms with E-state index in [9.17, 15) is 0 Å². The van der Waals surface area contributed by atoms with E-state index in [4.69, 9.17) is 33.2 Å². The Balaban J connectivity index is 1.88. The SMILES string of the molecule is C=CC1C(COC(C)(C)OC)=Cc2cc3c(cc2N1c1cc(OC)c(OC)c(OC)c1)OCO3. The molecule has 1 atom stereocenters. The Hall–Kier alpha value is -3.36. The molecule has 8 nitrogen and oxygen atoms in total. The Morgan fingerprint density at radius 1 is 1.00 bits per heavy atom. The van der Waals surface area contributed by atoms with Crippen LogP contribution >= 0.6 is 0 Å². The van der Waals surface area contributed by atoms with Gasteiger partial charge in [-0.15, -0.1) is 6.58 Å². The van der Waals surface area contributed by atoms with Crippen molar-refractivity contribution >= 4 is 17.5 Å². The molecule has 0 saturated heterocycles. The van der Waals surface area contributed by atoms with Crippen LogP contribution in [0.5, 0.6) is 28.7 Å². The topological polar surface area (TPSA) is 67.9 Å². The molecule has 0 radical (unpaired) electrons. The van der Waals surface area contributed by atoms with Gasteiger partial charge in [-0.1, -0.05) is 6.08 Å². The van der Waals surface area contributed by atoms with Gasteiger partial charge in [0, 0.05) is 36.6 Å². The van der Waals surface area contributed by atoms with Gasteiger partial charge in [0.2, 0.25) is 12.5 Å². The maximum atomic E-state index is 6.08. The van der Waals surface area contributed by atoms with Crippen molar-refractivity contribution in [1.82, 2.24) is 0 Å². The van der Waals surface area contributed by atoms with E-state index in [1.165, 1.54) is 0 Å². The van der Waals surface area contributed by atoms with Gasteiger partial charge in [-0.25, -0.2) is 0 Å². The molecule has 0 spiro atoms. The minimum atomic E-state index is -0.737. The van der Waals surface area contributed by atoms with E-state index < -0.39 is 5.79 Å². The van der Waals surface area contributed by atoms with Crippen LogP contribution in [0.4, 0.5) is 11.4 Å². The van der Waals surface area contributed by atoms with Gasteiger partial charge in [-0.05, 0) is 31.6 Å². The number of rotatable bonds is 9. The van der Waals surface area contributed by atoms with E-state index in [-0.39, 0.29) is 12.8 Å². The minimum Gasteiger partial charge on any atom is -0.493 e. The number of anilines is 2. The number of hydrogen-bond donors (Lipinski definition) is 0. The Morgan fingerprint density at radius 2 is 1.65 bits per heavy atom. The molecule has 0 amide bonds. The zero-order valence-corrected chi connectivity index (χ0v) is 20.5. The van der Waals surface area contributed by atoms with E-state index in [0.29, 0.717) is 35.4 Å². The average molecular weight is 470 g/mol. The van der Waals surface area contributed by atoms with Gasteiger partial charge in [0.15, 0.2) is 28.8 Å². The van der Waals surface area contributed by atoms with Crippen molar-refractivity contribution in [1.29, 1.82) is 0 Å². The Morgan fingerprint density at radius 3 is 2.21 bits per heavy atom. The quantitative estimate of drug-likeness (QED) is 0.378. The average Bonchev–Trinajstić information content (AvgIpc) is 3.31.